The van der Waals surface area contributed by atoms with E-state index in [1.807, 2.05) is 13.0 Å². The van der Waals surface area contributed by atoms with Gasteiger partial charge in [0, 0.05) is 12.2 Å². The minimum Gasteiger partial charge on any atom is -0.486 e. The van der Waals surface area contributed by atoms with Crippen LogP contribution in [0.2, 0.25) is 0 Å². The molecule has 28 heavy (non-hydrogen) atoms. The molecule has 3 aromatic rings. The van der Waals surface area contributed by atoms with Crippen molar-refractivity contribution in [3.05, 3.63) is 88.7 Å². The topological polar surface area (TPSA) is 18.5 Å². The molecule has 0 fully saturated rings. The Morgan fingerprint density at radius 2 is 1.50 bits per heavy atom. The zero-order valence-electron chi connectivity index (χ0n) is 15.8. The van der Waals surface area contributed by atoms with Crippen LogP contribution in [0.1, 0.15) is 23.6 Å². The summed E-state index contributed by atoms with van der Waals surface area (Å²) >= 11 is 0. The molecule has 3 rings (SSSR count). The van der Waals surface area contributed by atoms with Crippen LogP contribution in [-0.2, 0) is 18.0 Å². The van der Waals surface area contributed by atoms with Crippen molar-refractivity contribution in [3.63, 3.8) is 0 Å². The molecular formula is C23H21F3O2. The average Bonchev–Trinajstić information content (AvgIpc) is 2.70. The lowest BCUT2D eigenvalue weighted by molar-refractivity contribution is 0.134. The first-order valence-corrected chi connectivity index (χ1v) is 9.02. The Hall–Kier alpha value is -2.79. The van der Waals surface area contributed by atoms with Crippen molar-refractivity contribution in [1.29, 1.82) is 0 Å². The van der Waals surface area contributed by atoms with Crippen LogP contribution < -0.4 is 4.74 Å². The first-order valence-electron chi connectivity index (χ1n) is 9.02. The molecule has 5 heteroatoms. The first kappa shape index (κ1) is 20.0. The third-order valence-electron chi connectivity index (χ3n) is 4.41. The van der Waals surface area contributed by atoms with Crippen molar-refractivity contribution in [2.45, 2.75) is 27.1 Å². The van der Waals surface area contributed by atoms with E-state index < -0.39 is 11.6 Å². The molecule has 0 heterocycles. The lowest BCUT2D eigenvalue weighted by atomic mass is 10.0. The quantitative estimate of drug-likeness (QED) is 0.482. The van der Waals surface area contributed by atoms with Gasteiger partial charge in [0.15, 0.2) is 11.6 Å². The second-order valence-corrected chi connectivity index (χ2v) is 6.45. The van der Waals surface area contributed by atoms with E-state index in [0.29, 0.717) is 18.8 Å². The maximum absolute atomic E-state index is 14.4. The van der Waals surface area contributed by atoms with Crippen molar-refractivity contribution in [3.8, 4) is 16.9 Å². The zero-order valence-corrected chi connectivity index (χ0v) is 15.8. The van der Waals surface area contributed by atoms with Crippen LogP contribution in [0, 0.1) is 24.4 Å². The van der Waals surface area contributed by atoms with E-state index in [0.717, 1.165) is 16.7 Å². The van der Waals surface area contributed by atoms with Crippen LogP contribution in [0.25, 0.3) is 11.1 Å². The van der Waals surface area contributed by atoms with Crippen molar-refractivity contribution in [2.75, 3.05) is 6.61 Å². The highest BCUT2D eigenvalue weighted by Crippen LogP contribution is 2.26. The molecular weight excluding hydrogens is 365 g/mol. The lowest BCUT2D eigenvalue weighted by Gasteiger charge is -2.10. The summed E-state index contributed by atoms with van der Waals surface area (Å²) in [5, 5.41) is 0. The average molecular weight is 386 g/mol. The van der Waals surface area contributed by atoms with Gasteiger partial charge in [0.1, 0.15) is 12.4 Å². The second kappa shape index (κ2) is 8.93. The highest BCUT2D eigenvalue weighted by Gasteiger charge is 2.12. The van der Waals surface area contributed by atoms with Crippen LogP contribution in [0.15, 0.2) is 54.6 Å². The van der Waals surface area contributed by atoms with E-state index in [2.05, 4.69) is 0 Å². The van der Waals surface area contributed by atoms with Gasteiger partial charge in [-0.3, -0.25) is 0 Å². The summed E-state index contributed by atoms with van der Waals surface area (Å²) in [4.78, 5) is 0. The predicted octanol–water partition coefficient (Wildman–Crippen LogP) is 6.19. The lowest BCUT2D eigenvalue weighted by Crippen LogP contribution is -2.00. The number of hydrogen-bond acceptors (Lipinski definition) is 2. The van der Waals surface area contributed by atoms with Crippen molar-refractivity contribution < 1.29 is 22.6 Å². The third kappa shape index (κ3) is 4.54. The highest BCUT2D eigenvalue weighted by atomic mass is 19.2. The fourth-order valence-corrected chi connectivity index (χ4v) is 2.78. The predicted molar refractivity (Wildman–Crippen MR) is 103 cm³/mol. The Labute approximate surface area is 162 Å². The minimum atomic E-state index is -0.995. The molecule has 0 aliphatic carbocycles. The standard InChI is InChI=1S/C23H21F3O2/c1-3-27-13-17-7-10-19(20(24)12-17)18-8-5-16(6-9-18)14-28-21-11-4-15(2)22(25)23(21)26/h4-12H,3,13-14H2,1-2H3. The van der Waals surface area contributed by atoms with Crippen LogP contribution in [0.3, 0.4) is 0 Å². The van der Waals surface area contributed by atoms with Crippen molar-refractivity contribution in [1.82, 2.24) is 0 Å². The Kier molecular flexibility index (Phi) is 6.37. The molecule has 0 unspecified atom stereocenters. The fourth-order valence-electron chi connectivity index (χ4n) is 2.78. The van der Waals surface area contributed by atoms with E-state index in [4.69, 9.17) is 9.47 Å². The van der Waals surface area contributed by atoms with E-state index >= 15 is 0 Å². The number of rotatable bonds is 7. The van der Waals surface area contributed by atoms with Gasteiger partial charge in [-0.15, -0.1) is 0 Å². The molecule has 0 spiro atoms. The fraction of sp³-hybridized carbons (Fsp3) is 0.217. The Morgan fingerprint density at radius 1 is 0.786 bits per heavy atom. The Bertz CT molecular complexity index is 953. The molecule has 0 N–H and O–H groups in total. The summed E-state index contributed by atoms with van der Waals surface area (Å²) in [5.74, 6) is -2.36. The van der Waals surface area contributed by atoms with Gasteiger partial charge < -0.3 is 9.47 Å². The number of halogens is 3. The van der Waals surface area contributed by atoms with Gasteiger partial charge in [-0.1, -0.05) is 42.5 Å². The molecule has 2 nitrogen and oxygen atoms in total. The summed E-state index contributed by atoms with van der Waals surface area (Å²) in [6, 6.07) is 15.0. The van der Waals surface area contributed by atoms with Crippen LogP contribution in [0.4, 0.5) is 13.2 Å². The maximum Gasteiger partial charge on any atom is 0.200 e. The molecule has 0 aliphatic heterocycles. The molecule has 0 aromatic heterocycles. The normalized spacial score (nSPS) is 10.9. The summed E-state index contributed by atoms with van der Waals surface area (Å²) in [6.45, 7) is 4.41. The summed E-state index contributed by atoms with van der Waals surface area (Å²) in [6.07, 6.45) is 0. The van der Waals surface area contributed by atoms with Gasteiger partial charge in [-0.2, -0.15) is 4.39 Å². The van der Waals surface area contributed by atoms with Crippen molar-refractivity contribution in [2.24, 2.45) is 0 Å². The van der Waals surface area contributed by atoms with Crippen LogP contribution in [-0.4, -0.2) is 6.61 Å². The van der Waals surface area contributed by atoms with Gasteiger partial charge in [0.05, 0.1) is 6.61 Å². The minimum absolute atomic E-state index is 0.0788. The molecule has 0 radical (unpaired) electrons. The number of benzene rings is 3. The van der Waals surface area contributed by atoms with Gasteiger partial charge >= 0.3 is 0 Å². The van der Waals surface area contributed by atoms with Gasteiger partial charge in [0.2, 0.25) is 5.82 Å². The van der Waals surface area contributed by atoms with Crippen LogP contribution >= 0.6 is 0 Å². The van der Waals surface area contributed by atoms with Gasteiger partial charge in [-0.25, -0.2) is 8.78 Å². The van der Waals surface area contributed by atoms with E-state index in [1.165, 1.54) is 25.1 Å². The number of hydrogen-bond donors (Lipinski definition) is 0. The summed E-state index contributed by atoms with van der Waals surface area (Å²) < 4.78 is 52.5. The van der Waals surface area contributed by atoms with Crippen LogP contribution in [0.5, 0.6) is 5.75 Å². The van der Waals surface area contributed by atoms with Crippen molar-refractivity contribution >= 4 is 0 Å². The maximum atomic E-state index is 14.4. The summed E-state index contributed by atoms with van der Waals surface area (Å²) in [5.41, 5.74) is 2.97. The van der Waals surface area contributed by atoms with Gasteiger partial charge in [-0.05, 0) is 48.2 Å². The SMILES string of the molecule is CCOCc1ccc(-c2ccc(COc3ccc(C)c(F)c3F)cc2)c(F)c1. The Balaban J connectivity index is 1.69. The molecule has 0 aliphatic rings. The first-order chi connectivity index (χ1) is 13.5. The molecule has 0 bridgehead atoms. The highest BCUT2D eigenvalue weighted by molar-refractivity contribution is 5.64. The van der Waals surface area contributed by atoms with E-state index in [1.54, 1.807) is 30.3 Å². The molecule has 0 saturated heterocycles. The third-order valence-corrected chi connectivity index (χ3v) is 4.41. The smallest absolute Gasteiger partial charge is 0.200 e. The summed E-state index contributed by atoms with van der Waals surface area (Å²) in [7, 11) is 0. The number of aryl methyl sites for hydroxylation is 1. The zero-order chi connectivity index (χ0) is 20.1. The molecule has 3 aromatic carbocycles. The molecule has 0 amide bonds. The second-order valence-electron chi connectivity index (χ2n) is 6.45. The molecule has 0 saturated carbocycles. The van der Waals surface area contributed by atoms with E-state index in [-0.39, 0.29) is 23.7 Å². The van der Waals surface area contributed by atoms with Gasteiger partial charge in [0.25, 0.3) is 0 Å². The largest absolute Gasteiger partial charge is 0.486 e. The molecule has 146 valence electrons. The van der Waals surface area contributed by atoms with E-state index in [9.17, 15) is 13.2 Å². The Morgan fingerprint density at radius 3 is 2.18 bits per heavy atom. The number of ether oxygens (including phenoxy) is 2. The molecule has 0 atom stereocenters. The monoisotopic (exact) mass is 386 g/mol.